The van der Waals surface area contributed by atoms with Gasteiger partial charge < -0.3 is 9.84 Å². The molecule has 1 atom stereocenters. The zero-order valence-corrected chi connectivity index (χ0v) is 8.64. The van der Waals surface area contributed by atoms with Crippen LogP contribution in [0.15, 0.2) is 18.2 Å². The van der Waals surface area contributed by atoms with E-state index in [1.54, 1.807) is 6.92 Å². The van der Waals surface area contributed by atoms with Gasteiger partial charge in [0.15, 0.2) is 0 Å². The van der Waals surface area contributed by atoms with E-state index in [9.17, 15) is 10.1 Å². The quantitative estimate of drug-likeness (QED) is 0.438. The summed E-state index contributed by atoms with van der Waals surface area (Å²) in [5.41, 5.74) is 0.513. The second kappa shape index (κ2) is 4.75. The highest BCUT2D eigenvalue weighted by atomic mass is 16.6. The van der Waals surface area contributed by atoms with Gasteiger partial charge in [-0.1, -0.05) is 0 Å². The van der Waals surface area contributed by atoms with Crippen LogP contribution in [-0.4, -0.2) is 22.7 Å². The predicted octanol–water partition coefficient (Wildman–Crippen LogP) is 2.01. The molecule has 0 radical (unpaired) electrons. The lowest BCUT2D eigenvalue weighted by Crippen LogP contribution is -1.87. The molecule has 2 rings (SSSR count). The summed E-state index contributed by atoms with van der Waals surface area (Å²) in [4.78, 5) is 9.69. The highest BCUT2D eigenvalue weighted by molar-refractivity contribution is 5.41. The Hall–Kier alpha value is -1.62. The smallest absolute Gasteiger partial charge is 0.269 e. The van der Waals surface area contributed by atoms with Gasteiger partial charge in [0.2, 0.25) is 0 Å². The molecule has 0 aromatic heterocycles. The van der Waals surface area contributed by atoms with Crippen molar-refractivity contribution < 1.29 is 14.8 Å². The molecule has 1 fully saturated rings. The topological polar surface area (TPSA) is 75.9 Å². The molecule has 1 aliphatic heterocycles. The lowest BCUT2D eigenvalue weighted by Gasteiger charge is -1.95. The highest BCUT2D eigenvalue weighted by Crippen LogP contribution is 2.21. The Morgan fingerprint density at radius 1 is 1.60 bits per heavy atom. The summed E-state index contributed by atoms with van der Waals surface area (Å²) < 4.78 is 4.71. The summed E-state index contributed by atoms with van der Waals surface area (Å²) >= 11 is 0. The summed E-state index contributed by atoms with van der Waals surface area (Å²) in [6.45, 7) is 4.66. The maximum atomic E-state index is 10.2. The number of epoxide rings is 1. The molecule has 1 heterocycles. The van der Waals surface area contributed by atoms with Gasteiger partial charge in [0.25, 0.3) is 5.69 Å². The van der Waals surface area contributed by atoms with Crippen molar-refractivity contribution in [3.8, 4) is 5.75 Å². The number of aryl methyl sites for hydroxylation is 1. The van der Waals surface area contributed by atoms with Gasteiger partial charge in [-0.25, -0.2) is 0 Å². The molecule has 0 bridgehead atoms. The molecular weight excluding hydrogens is 198 g/mol. The molecule has 0 amide bonds. The van der Waals surface area contributed by atoms with E-state index < -0.39 is 4.92 Å². The van der Waals surface area contributed by atoms with E-state index in [1.807, 2.05) is 0 Å². The minimum absolute atomic E-state index is 0.000278. The number of benzene rings is 1. The van der Waals surface area contributed by atoms with Crippen LogP contribution in [0.25, 0.3) is 0 Å². The third kappa shape index (κ3) is 3.95. The van der Waals surface area contributed by atoms with Gasteiger partial charge in [-0.15, -0.1) is 0 Å². The van der Waals surface area contributed by atoms with Gasteiger partial charge >= 0.3 is 0 Å². The second-order valence-electron chi connectivity index (χ2n) is 3.37. The van der Waals surface area contributed by atoms with Crippen molar-refractivity contribution in [2.24, 2.45) is 0 Å². The lowest BCUT2D eigenvalue weighted by molar-refractivity contribution is -0.384. The zero-order valence-electron chi connectivity index (χ0n) is 8.64. The van der Waals surface area contributed by atoms with E-state index in [1.165, 1.54) is 18.2 Å². The van der Waals surface area contributed by atoms with Crippen molar-refractivity contribution in [2.75, 3.05) is 6.61 Å². The number of phenolic OH excluding ortho intramolecular Hbond substituents is 1. The number of hydrogen-bond donors (Lipinski definition) is 1. The van der Waals surface area contributed by atoms with Gasteiger partial charge in [0, 0.05) is 12.1 Å². The van der Waals surface area contributed by atoms with E-state index in [2.05, 4.69) is 6.92 Å². The first-order chi connectivity index (χ1) is 7.00. The Labute approximate surface area is 87.5 Å². The number of phenols is 1. The van der Waals surface area contributed by atoms with Gasteiger partial charge in [0.1, 0.15) is 5.75 Å². The Bertz CT molecular complexity index is 360. The van der Waals surface area contributed by atoms with Crippen LogP contribution in [0, 0.1) is 17.0 Å². The largest absolute Gasteiger partial charge is 0.508 e. The lowest BCUT2D eigenvalue weighted by atomic mass is 10.2. The summed E-state index contributed by atoms with van der Waals surface area (Å²) in [7, 11) is 0. The van der Waals surface area contributed by atoms with Crippen LogP contribution in [0.5, 0.6) is 5.75 Å². The molecule has 1 aliphatic rings. The number of nitro groups is 1. The monoisotopic (exact) mass is 211 g/mol. The second-order valence-corrected chi connectivity index (χ2v) is 3.37. The van der Waals surface area contributed by atoms with Gasteiger partial charge in [-0.2, -0.15) is 0 Å². The molecule has 5 nitrogen and oxygen atoms in total. The van der Waals surface area contributed by atoms with Gasteiger partial charge in [-0.05, 0) is 25.5 Å². The van der Waals surface area contributed by atoms with Crippen LogP contribution in [0.3, 0.4) is 0 Å². The van der Waals surface area contributed by atoms with E-state index >= 15 is 0 Å². The normalized spacial score (nSPS) is 17.6. The van der Waals surface area contributed by atoms with Crippen LogP contribution >= 0.6 is 0 Å². The predicted molar refractivity (Wildman–Crippen MR) is 54.9 cm³/mol. The average Bonchev–Trinajstić information content (AvgIpc) is 2.93. The first kappa shape index (κ1) is 11.5. The maximum absolute atomic E-state index is 10.2. The Morgan fingerprint density at radius 2 is 2.13 bits per heavy atom. The van der Waals surface area contributed by atoms with Crippen molar-refractivity contribution in [1.82, 2.24) is 0 Å². The molecule has 0 spiro atoms. The van der Waals surface area contributed by atoms with E-state index in [4.69, 9.17) is 9.84 Å². The highest BCUT2D eigenvalue weighted by Gasteiger charge is 2.13. The molecule has 5 heteroatoms. The molecule has 1 N–H and O–H groups in total. The van der Waals surface area contributed by atoms with Gasteiger partial charge in [0.05, 0.1) is 17.6 Å². The van der Waals surface area contributed by atoms with Crippen molar-refractivity contribution >= 4 is 5.69 Å². The van der Waals surface area contributed by atoms with E-state index in [0.717, 1.165) is 6.61 Å². The number of aromatic hydroxyl groups is 1. The maximum Gasteiger partial charge on any atom is 0.269 e. The van der Waals surface area contributed by atoms with Crippen LogP contribution in [0.4, 0.5) is 5.69 Å². The molecule has 15 heavy (non-hydrogen) atoms. The SMILES string of the molecule is CC1CO1.Cc1cc([N+](=O)[O-])ccc1O. The molecular formula is C10H13NO4. The molecule has 0 saturated carbocycles. The minimum atomic E-state index is -0.494. The van der Waals surface area contributed by atoms with E-state index in [-0.39, 0.29) is 11.4 Å². The summed E-state index contributed by atoms with van der Waals surface area (Å²) in [5.74, 6) is 0.0793. The molecule has 1 aromatic rings. The fraction of sp³-hybridized carbons (Fsp3) is 0.400. The van der Waals surface area contributed by atoms with Crippen LogP contribution in [0.1, 0.15) is 12.5 Å². The first-order valence-corrected chi connectivity index (χ1v) is 4.56. The molecule has 1 saturated heterocycles. The fourth-order valence-electron chi connectivity index (χ4n) is 0.849. The van der Waals surface area contributed by atoms with E-state index in [0.29, 0.717) is 11.7 Å². The number of hydrogen-bond acceptors (Lipinski definition) is 4. The third-order valence-corrected chi connectivity index (χ3v) is 1.89. The molecule has 1 aromatic carbocycles. The Kier molecular flexibility index (Phi) is 3.62. The number of non-ortho nitro benzene ring substituents is 1. The number of nitro benzene ring substituents is 1. The summed E-state index contributed by atoms with van der Waals surface area (Å²) in [5, 5.41) is 19.2. The van der Waals surface area contributed by atoms with Crippen LogP contribution < -0.4 is 0 Å². The molecule has 82 valence electrons. The fourth-order valence-corrected chi connectivity index (χ4v) is 0.849. The van der Waals surface area contributed by atoms with Crippen molar-refractivity contribution in [3.63, 3.8) is 0 Å². The summed E-state index contributed by atoms with van der Waals surface area (Å²) in [6.07, 6.45) is 0.583. The van der Waals surface area contributed by atoms with Crippen LogP contribution in [-0.2, 0) is 4.74 Å². The average molecular weight is 211 g/mol. The molecule has 0 aliphatic carbocycles. The first-order valence-electron chi connectivity index (χ1n) is 4.56. The number of nitrogens with zero attached hydrogens (tertiary/aromatic N) is 1. The number of ether oxygens (including phenoxy) is 1. The third-order valence-electron chi connectivity index (χ3n) is 1.89. The Balaban J connectivity index is 0.000000234. The molecule has 1 unspecified atom stereocenters. The summed E-state index contributed by atoms with van der Waals surface area (Å²) in [6, 6.07) is 3.91. The standard InChI is InChI=1S/C7H7NO3.C3H6O/c1-5-4-6(8(10)11)2-3-7(5)9;1-3-2-4-3/h2-4,9H,1H3;3H,2H2,1H3. The van der Waals surface area contributed by atoms with Crippen LogP contribution in [0.2, 0.25) is 0 Å². The zero-order chi connectivity index (χ0) is 11.4. The van der Waals surface area contributed by atoms with Crippen molar-refractivity contribution in [1.29, 1.82) is 0 Å². The number of rotatable bonds is 1. The van der Waals surface area contributed by atoms with Gasteiger partial charge in [-0.3, -0.25) is 10.1 Å². The Morgan fingerprint density at radius 3 is 2.47 bits per heavy atom. The van der Waals surface area contributed by atoms with Crippen molar-refractivity contribution in [2.45, 2.75) is 20.0 Å². The minimum Gasteiger partial charge on any atom is -0.508 e. The van der Waals surface area contributed by atoms with Crippen molar-refractivity contribution in [3.05, 3.63) is 33.9 Å².